The summed E-state index contributed by atoms with van der Waals surface area (Å²) in [7, 11) is 0. The van der Waals surface area contributed by atoms with Gasteiger partial charge < -0.3 is 10.2 Å². The van der Waals surface area contributed by atoms with Gasteiger partial charge in [0.05, 0.1) is 0 Å². The van der Waals surface area contributed by atoms with Crippen LogP contribution in [0.25, 0.3) is 0 Å². The van der Waals surface area contributed by atoms with Gasteiger partial charge in [0.1, 0.15) is 17.5 Å². The summed E-state index contributed by atoms with van der Waals surface area (Å²) in [5.41, 5.74) is 1.15. The first-order valence-corrected chi connectivity index (χ1v) is 8.28. The average Bonchev–Trinajstić information content (AvgIpc) is 3.22. The van der Waals surface area contributed by atoms with Gasteiger partial charge in [0.2, 0.25) is 0 Å². The van der Waals surface area contributed by atoms with E-state index in [2.05, 4.69) is 51.8 Å². The minimum absolute atomic E-state index is 0.0337. The topological polar surface area (TPSA) is 41.1 Å². The number of hydrogen-bond donors (Lipinski definition) is 1. The van der Waals surface area contributed by atoms with Gasteiger partial charge in [-0.3, -0.25) is 0 Å². The molecular weight excluding hydrogens is 260 g/mol. The van der Waals surface area contributed by atoms with E-state index in [9.17, 15) is 0 Å². The van der Waals surface area contributed by atoms with E-state index in [1.807, 2.05) is 0 Å². The van der Waals surface area contributed by atoms with E-state index in [1.54, 1.807) is 0 Å². The lowest BCUT2D eigenvalue weighted by Crippen LogP contribution is -2.30. The molecule has 2 rings (SSSR count). The molecule has 0 amide bonds. The van der Waals surface area contributed by atoms with Gasteiger partial charge in [-0.05, 0) is 33.1 Å². The van der Waals surface area contributed by atoms with Crippen molar-refractivity contribution < 1.29 is 0 Å². The second-order valence-corrected chi connectivity index (χ2v) is 7.05. The third-order valence-corrected chi connectivity index (χ3v) is 3.86. The lowest BCUT2D eigenvalue weighted by molar-refractivity contribution is 0.543. The largest absolute Gasteiger partial charge is 0.370 e. The van der Waals surface area contributed by atoms with Crippen molar-refractivity contribution in [3.8, 4) is 0 Å². The molecule has 0 atom stereocenters. The standard InChI is InChI=1S/C17H30N4/c1-7-11-21(13-9-10-13)15-12(3)14(18-8-2)19-16(20-15)17(4,5)6/h13H,7-11H2,1-6H3,(H,18,19,20). The molecule has 0 spiro atoms. The van der Waals surface area contributed by atoms with Crippen LogP contribution >= 0.6 is 0 Å². The number of anilines is 2. The Balaban J connectivity index is 2.48. The quantitative estimate of drug-likeness (QED) is 0.863. The summed E-state index contributed by atoms with van der Waals surface area (Å²) in [5, 5.41) is 3.41. The SMILES string of the molecule is CCCN(c1nc(C(C)(C)C)nc(NCC)c1C)C1CC1. The molecule has 1 fully saturated rings. The minimum atomic E-state index is -0.0337. The second kappa shape index (κ2) is 6.20. The van der Waals surface area contributed by atoms with E-state index in [-0.39, 0.29) is 5.41 Å². The van der Waals surface area contributed by atoms with Crippen molar-refractivity contribution in [3.05, 3.63) is 11.4 Å². The summed E-state index contributed by atoms with van der Waals surface area (Å²) in [6.45, 7) is 15.0. The first-order valence-electron chi connectivity index (χ1n) is 8.28. The zero-order chi connectivity index (χ0) is 15.6. The maximum Gasteiger partial charge on any atom is 0.138 e. The summed E-state index contributed by atoms with van der Waals surface area (Å²) in [4.78, 5) is 12.2. The molecule has 4 heteroatoms. The zero-order valence-electron chi connectivity index (χ0n) is 14.5. The Labute approximate surface area is 129 Å². The summed E-state index contributed by atoms with van der Waals surface area (Å²) in [5.74, 6) is 3.06. The molecule has 1 saturated carbocycles. The van der Waals surface area contributed by atoms with Crippen LogP contribution in [-0.2, 0) is 5.41 Å². The maximum absolute atomic E-state index is 4.94. The molecule has 1 aliphatic rings. The fraction of sp³-hybridized carbons (Fsp3) is 0.765. The summed E-state index contributed by atoms with van der Waals surface area (Å²) >= 11 is 0. The Morgan fingerprint density at radius 3 is 2.33 bits per heavy atom. The number of hydrogen-bond acceptors (Lipinski definition) is 4. The third kappa shape index (κ3) is 3.66. The van der Waals surface area contributed by atoms with E-state index in [1.165, 1.54) is 18.4 Å². The van der Waals surface area contributed by atoms with Crippen LogP contribution in [0.2, 0.25) is 0 Å². The molecule has 4 nitrogen and oxygen atoms in total. The Kier molecular flexibility index (Phi) is 4.74. The van der Waals surface area contributed by atoms with Crippen LogP contribution < -0.4 is 10.2 Å². The van der Waals surface area contributed by atoms with Gasteiger partial charge in [0.25, 0.3) is 0 Å². The molecule has 1 aliphatic carbocycles. The van der Waals surface area contributed by atoms with Crippen molar-refractivity contribution in [1.82, 2.24) is 9.97 Å². The molecule has 1 N–H and O–H groups in total. The van der Waals surface area contributed by atoms with Crippen molar-refractivity contribution in [2.45, 2.75) is 72.3 Å². The van der Waals surface area contributed by atoms with Gasteiger partial charge in [-0.15, -0.1) is 0 Å². The molecule has 1 aromatic rings. The Bertz CT molecular complexity index is 486. The van der Waals surface area contributed by atoms with Crippen molar-refractivity contribution in [1.29, 1.82) is 0 Å². The summed E-state index contributed by atoms with van der Waals surface area (Å²) in [6.07, 6.45) is 3.75. The van der Waals surface area contributed by atoms with Crippen LogP contribution in [0.1, 0.15) is 65.3 Å². The molecule has 0 aliphatic heterocycles. The van der Waals surface area contributed by atoms with E-state index in [0.717, 1.165) is 37.0 Å². The molecule has 0 unspecified atom stereocenters. The van der Waals surface area contributed by atoms with E-state index in [4.69, 9.17) is 9.97 Å². The van der Waals surface area contributed by atoms with Gasteiger partial charge in [0, 0.05) is 30.1 Å². The highest BCUT2D eigenvalue weighted by Gasteiger charge is 2.32. The van der Waals surface area contributed by atoms with Gasteiger partial charge in [-0.2, -0.15) is 0 Å². The lowest BCUT2D eigenvalue weighted by atomic mass is 9.95. The van der Waals surface area contributed by atoms with Gasteiger partial charge in [0.15, 0.2) is 0 Å². The predicted octanol–water partition coefficient (Wildman–Crippen LogP) is 3.89. The van der Waals surface area contributed by atoms with Crippen LogP contribution in [-0.4, -0.2) is 29.1 Å². The number of rotatable bonds is 6. The number of nitrogens with zero attached hydrogens (tertiary/aromatic N) is 3. The fourth-order valence-electron chi connectivity index (χ4n) is 2.55. The monoisotopic (exact) mass is 290 g/mol. The van der Waals surface area contributed by atoms with Crippen molar-refractivity contribution in [2.24, 2.45) is 0 Å². The van der Waals surface area contributed by atoms with Gasteiger partial charge in [-0.1, -0.05) is 27.7 Å². The van der Waals surface area contributed by atoms with Crippen molar-refractivity contribution in [2.75, 3.05) is 23.3 Å². The van der Waals surface area contributed by atoms with Gasteiger partial charge in [-0.25, -0.2) is 9.97 Å². The first kappa shape index (κ1) is 16.1. The molecule has 21 heavy (non-hydrogen) atoms. The van der Waals surface area contributed by atoms with Crippen LogP contribution in [0.3, 0.4) is 0 Å². The van der Waals surface area contributed by atoms with Crippen LogP contribution in [0, 0.1) is 6.92 Å². The molecular formula is C17H30N4. The predicted molar refractivity (Wildman–Crippen MR) is 90.3 cm³/mol. The van der Waals surface area contributed by atoms with Crippen LogP contribution in [0.4, 0.5) is 11.6 Å². The zero-order valence-corrected chi connectivity index (χ0v) is 14.5. The molecule has 0 radical (unpaired) electrons. The Morgan fingerprint density at radius 1 is 1.19 bits per heavy atom. The average molecular weight is 290 g/mol. The Hall–Kier alpha value is -1.32. The highest BCUT2D eigenvalue weighted by Crippen LogP contribution is 2.35. The molecule has 1 aromatic heterocycles. The molecule has 0 aromatic carbocycles. The smallest absolute Gasteiger partial charge is 0.138 e. The summed E-state index contributed by atoms with van der Waals surface area (Å²) in [6, 6.07) is 0.681. The molecule has 0 bridgehead atoms. The van der Waals surface area contributed by atoms with Gasteiger partial charge >= 0.3 is 0 Å². The van der Waals surface area contributed by atoms with Crippen molar-refractivity contribution >= 4 is 11.6 Å². The van der Waals surface area contributed by atoms with Crippen LogP contribution in [0.15, 0.2) is 0 Å². The highest BCUT2D eigenvalue weighted by atomic mass is 15.3. The molecule has 118 valence electrons. The number of nitrogens with one attached hydrogen (secondary N) is 1. The van der Waals surface area contributed by atoms with Crippen LogP contribution in [0.5, 0.6) is 0 Å². The summed E-state index contributed by atoms with van der Waals surface area (Å²) < 4.78 is 0. The second-order valence-electron chi connectivity index (χ2n) is 7.05. The van der Waals surface area contributed by atoms with E-state index in [0.29, 0.717) is 6.04 Å². The van der Waals surface area contributed by atoms with Crippen molar-refractivity contribution in [3.63, 3.8) is 0 Å². The maximum atomic E-state index is 4.94. The minimum Gasteiger partial charge on any atom is -0.370 e. The highest BCUT2D eigenvalue weighted by molar-refractivity contribution is 5.60. The molecule has 1 heterocycles. The first-order chi connectivity index (χ1) is 9.88. The Morgan fingerprint density at radius 2 is 1.86 bits per heavy atom. The molecule has 0 saturated heterocycles. The van der Waals surface area contributed by atoms with E-state index >= 15 is 0 Å². The normalized spacial score (nSPS) is 15.1. The lowest BCUT2D eigenvalue weighted by Gasteiger charge is -2.28. The number of aromatic nitrogens is 2. The fourth-order valence-corrected chi connectivity index (χ4v) is 2.55. The third-order valence-electron chi connectivity index (χ3n) is 3.86. The van der Waals surface area contributed by atoms with E-state index < -0.39 is 0 Å².